The number of pyridine rings is 1. The van der Waals surface area contributed by atoms with Crippen LogP contribution >= 0.6 is 11.6 Å². The molecule has 2 heterocycles. The van der Waals surface area contributed by atoms with Gasteiger partial charge < -0.3 is 11.1 Å². The Morgan fingerprint density at radius 3 is 2.91 bits per heavy atom. The van der Waals surface area contributed by atoms with E-state index in [0.29, 0.717) is 40.8 Å². The van der Waals surface area contributed by atoms with E-state index in [9.17, 15) is 4.79 Å². The first-order chi connectivity index (χ1) is 11.1. The summed E-state index contributed by atoms with van der Waals surface area (Å²) in [6, 6.07) is 9.07. The van der Waals surface area contributed by atoms with Gasteiger partial charge in [0.05, 0.1) is 5.56 Å². The summed E-state index contributed by atoms with van der Waals surface area (Å²) in [4.78, 5) is 20.8. The lowest BCUT2D eigenvalue weighted by Crippen LogP contribution is -2.23. The first-order valence-corrected chi connectivity index (χ1v) is 7.61. The molecular formula is C16H16ClN5O. The van der Waals surface area contributed by atoms with Crippen molar-refractivity contribution >= 4 is 34.6 Å². The normalized spacial score (nSPS) is 10.9. The van der Waals surface area contributed by atoms with E-state index in [-0.39, 0.29) is 5.91 Å². The van der Waals surface area contributed by atoms with E-state index in [1.165, 1.54) is 6.20 Å². The number of carbonyl (C=O) groups is 1. The summed E-state index contributed by atoms with van der Waals surface area (Å²) in [6.07, 6.45) is 1.53. The van der Waals surface area contributed by atoms with E-state index in [4.69, 9.17) is 17.3 Å². The average molecular weight is 330 g/mol. The van der Waals surface area contributed by atoms with Crippen molar-refractivity contribution in [1.29, 1.82) is 0 Å². The third-order valence-electron chi connectivity index (χ3n) is 3.59. The first-order valence-electron chi connectivity index (χ1n) is 7.23. The number of anilines is 1. The number of rotatable bonds is 4. The van der Waals surface area contributed by atoms with Crippen LogP contribution in [0.4, 0.5) is 5.95 Å². The molecule has 0 saturated carbocycles. The number of hydrogen-bond acceptors (Lipinski definition) is 4. The molecule has 0 atom stereocenters. The molecule has 0 aliphatic rings. The van der Waals surface area contributed by atoms with Gasteiger partial charge in [0.25, 0.3) is 5.91 Å². The minimum Gasteiger partial charge on any atom is -0.369 e. The number of nitrogens with one attached hydrogen (secondary N) is 1. The Morgan fingerprint density at radius 1 is 1.39 bits per heavy atom. The molecule has 1 amide bonds. The van der Waals surface area contributed by atoms with Crippen LogP contribution in [0.3, 0.4) is 0 Å². The Bertz CT molecular complexity index is 874. The summed E-state index contributed by atoms with van der Waals surface area (Å²) in [5.74, 6) is 0.160. The van der Waals surface area contributed by atoms with Crippen molar-refractivity contribution in [2.24, 2.45) is 0 Å². The molecule has 0 spiro atoms. The Balaban J connectivity index is 1.80. The zero-order valence-corrected chi connectivity index (χ0v) is 13.3. The lowest BCUT2D eigenvalue weighted by molar-refractivity contribution is 0.0950. The highest BCUT2D eigenvalue weighted by Gasteiger charge is 2.12. The molecule has 3 N–H and O–H groups in total. The standard InChI is InChI=1S/C16H16ClN5O/c1-2-22-14-13(21-16(22)18)7-11(9-19-14)15(23)20-8-10-5-3-4-6-12(10)17/h3-7,9H,2,8H2,1H3,(H2,18,21)(H,20,23). The monoisotopic (exact) mass is 329 g/mol. The quantitative estimate of drug-likeness (QED) is 0.770. The Kier molecular flexibility index (Phi) is 4.16. The Labute approximate surface area is 138 Å². The molecule has 6 nitrogen and oxygen atoms in total. The molecule has 7 heteroatoms. The van der Waals surface area contributed by atoms with Crippen LogP contribution in [0.5, 0.6) is 0 Å². The molecule has 2 aromatic heterocycles. The number of halogens is 1. The highest BCUT2D eigenvalue weighted by molar-refractivity contribution is 6.31. The second-order valence-electron chi connectivity index (χ2n) is 5.06. The minimum absolute atomic E-state index is 0.232. The van der Waals surface area contributed by atoms with E-state index in [1.54, 1.807) is 16.7 Å². The molecule has 3 rings (SSSR count). The van der Waals surface area contributed by atoms with Crippen molar-refractivity contribution in [1.82, 2.24) is 19.9 Å². The van der Waals surface area contributed by atoms with Gasteiger partial charge in [-0.2, -0.15) is 0 Å². The van der Waals surface area contributed by atoms with E-state index in [1.807, 2.05) is 25.1 Å². The molecule has 0 bridgehead atoms. The topological polar surface area (TPSA) is 85.8 Å². The second-order valence-corrected chi connectivity index (χ2v) is 5.46. The maximum atomic E-state index is 12.3. The van der Waals surface area contributed by atoms with Crippen molar-refractivity contribution in [2.45, 2.75) is 20.0 Å². The molecule has 23 heavy (non-hydrogen) atoms. The van der Waals surface area contributed by atoms with Gasteiger partial charge in [-0.3, -0.25) is 9.36 Å². The fourth-order valence-corrected chi connectivity index (χ4v) is 2.59. The van der Waals surface area contributed by atoms with E-state index >= 15 is 0 Å². The predicted octanol–water partition coefficient (Wildman–Crippen LogP) is 2.62. The number of amides is 1. The maximum absolute atomic E-state index is 12.3. The molecule has 0 aliphatic heterocycles. The van der Waals surface area contributed by atoms with Gasteiger partial charge in [-0.25, -0.2) is 9.97 Å². The SMILES string of the molecule is CCn1c(N)nc2cc(C(=O)NCc3ccccc3Cl)cnc21. The van der Waals surface area contributed by atoms with Gasteiger partial charge in [0.15, 0.2) is 5.65 Å². The van der Waals surface area contributed by atoms with Gasteiger partial charge >= 0.3 is 0 Å². The van der Waals surface area contributed by atoms with Gasteiger partial charge in [-0.15, -0.1) is 0 Å². The lowest BCUT2D eigenvalue weighted by Gasteiger charge is -2.07. The van der Waals surface area contributed by atoms with Crippen molar-refractivity contribution in [3.05, 3.63) is 52.7 Å². The van der Waals surface area contributed by atoms with E-state index in [2.05, 4.69) is 15.3 Å². The van der Waals surface area contributed by atoms with Crippen LogP contribution in [-0.2, 0) is 13.1 Å². The summed E-state index contributed by atoms with van der Waals surface area (Å²) < 4.78 is 1.79. The molecule has 0 radical (unpaired) electrons. The number of imidazole rings is 1. The van der Waals surface area contributed by atoms with Crippen LogP contribution in [-0.4, -0.2) is 20.4 Å². The van der Waals surface area contributed by atoms with Crippen LogP contribution in [0, 0.1) is 0 Å². The number of hydrogen-bond donors (Lipinski definition) is 2. The van der Waals surface area contributed by atoms with Gasteiger partial charge in [-0.05, 0) is 24.6 Å². The summed E-state index contributed by atoms with van der Waals surface area (Å²) in [7, 11) is 0. The number of aryl methyl sites for hydroxylation is 1. The zero-order chi connectivity index (χ0) is 16.4. The first kappa shape index (κ1) is 15.3. The van der Waals surface area contributed by atoms with Crippen LogP contribution in [0.2, 0.25) is 5.02 Å². The molecule has 0 saturated heterocycles. The minimum atomic E-state index is -0.232. The molecule has 118 valence electrons. The molecule has 0 fully saturated rings. The molecule has 0 aliphatic carbocycles. The van der Waals surface area contributed by atoms with Crippen molar-refractivity contribution in [3.8, 4) is 0 Å². The third-order valence-corrected chi connectivity index (χ3v) is 3.96. The number of nitrogens with two attached hydrogens (primary N) is 1. The summed E-state index contributed by atoms with van der Waals surface area (Å²) >= 11 is 6.08. The number of carbonyl (C=O) groups excluding carboxylic acids is 1. The average Bonchev–Trinajstić information content (AvgIpc) is 2.87. The van der Waals surface area contributed by atoms with Crippen molar-refractivity contribution in [2.75, 3.05) is 5.73 Å². The fraction of sp³-hybridized carbons (Fsp3) is 0.188. The van der Waals surface area contributed by atoms with Crippen LogP contribution < -0.4 is 11.1 Å². The highest BCUT2D eigenvalue weighted by Crippen LogP contribution is 2.17. The fourth-order valence-electron chi connectivity index (χ4n) is 2.38. The summed E-state index contributed by atoms with van der Waals surface area (Å²) in [6.45, 7) is 2.98. The van der Waals surface area contributed by atoms with E-state index in [0.717, 1.165) is 5.56 Å². The van der Waals surface area contributed by atoms with Crippen LogP contribution in [0.25, 0.3) is 11.2 Å². The maximum Gasteiger partial charge on any atom is 0.253 e. The van der Waals surface area contributed by atoms with Crippen LogP contribution in [0.1, 0.15) is 22.8 Å². The van der Waals surface area contributed by atoms with Gasteiger partial charge in [-0.1, -0.05) is 29.8 Å². The van der Waals surface area contributed by atoms with E-state index < -0.39 is 0 Å². The number of nitrogen functional groups attached to an aromatic ring is 1. The largest absolute Gasteiger partial charge is 0.369 e. The number of benzene rings is 1. The number of aromatic nitrogens is 3. The van der Waals surface area contributed by atoms with Gasteiger partial charge in [0.2, 0.25) is 5.95 Å². The zero-order valence-electron chi connectivity index (χ0n) is 12.6. The number of nitrogens with zero attached hydrogens (tertiary/aromatic N) is 3. The molecular weight excluding hydrogens is 314 g/mol. The van der Waals surface area contributed by atoms with Crippen molar-refractivity contribution < 1.29 is 4.79 Å². The molecule has 0 unspecified atom stereocenters. The Hall–Kier alpha value is -2.60. The van der Waals surface area contributed by atoms with Gasteiger partial charge in [0.1, 0.15) is 5.52 Å². The highest BCUT2D eigenvalue weighted by atomic mass is 35.5. The lowest BCUT2D eigenvalue weighted by atomic mass is 10.2. The summed E-state index contributed by atoms with van der Waals surface area (Å²) in [5, 5.41) is 3.45. The number of fused-ring (bicyclic) bond motifs is 1. The second kappa shape index (κ2) is 6.26. The third kappa shape index (κ3) is 2.98. The molecule has 3 aromatic rings. The Morgan fingerprint density at radius 2 is 2.17 bits per heavy atom. The van der Waals surface area contributed by atoms with Crippen molar-refractivity contribution in [3.63, 3.8) is 0 Å². The van der Waals surface area contributed by atoms with Gasteiger partial charge in [0, 0.05) is 24.3 Å². The smallest absolute Gasteiger partial charge is 0.253 e. The summed E-state index contributed by atoms with van der Waals surface area (Å²) in [5.41, 5.74) is 8.41. The van der Waals surface area contributed by atoms with Crippen LogP contribution in [0.15, 0.2) is 36.5 Å². The molecule has 1 aromatic carbocycles. The predicted molar refractivity (Wildman–Crippen MR) is 90.2 cm³/mol.